The van der Waals surface area contributed by atoms with Gasteiger partial charge in [0.1, 0.15) is 5.60 Å². The van der Waals surface area contributed by atoms with E-state index in [0.29, 0.717) is 12.2 Å². The minimum atomic E-state index is -0.635. The molecule has 1 aromatic rings. The summed E-state index contributed by atoms with van der Waals surface area (Å²) in [6.07, 6.45) is 0.840. The fraction of sp³-hybridized carbons (Fsp3) is 0.600. The summed E-state index contributed by atoms with van der Waals surface area (Å²) in [7, 11) is 3.23. The van der Waals surface area contributed by atoms with Gasteiger partial charge in [-0.3, -0.25) is 10.3 Å². The number of carbonyl (C=O) groups excluding carboxylic acids is 1. The van der Waals surface area contributed by atoms with Crippen molar-refractivity contribution in [2.24, 2.45) is 12.0 Å². The number of nitrogens with zero attached hydrogens (tertiary/aromatic N) is 2. The van der Waals surface area contributed by atoms with E-state index in [1.165, 1.54) is 10.6 Å². The predicted molar refractivity (Wildman–Crippen MR) is 82.1 cm³/mol. The Morgan fingerprint density at radius 3 is 2.64 bits per heavy atom. The third-order valence-corrected chi connectivity index (χ3v) is 2.71. The molecule has 1 unspecified atom stereocenters. The lowest BCUT2D eigenvalue weighted by Gasteiger charge is -2.19. The Bertz CT molecular complexity index is 564. The number of halogens is 1. The second kappa shape index (κ2) is 7.40. The van der Waals surface area contributed by atoms with E-state index < -0.39 is 17.5 Å². The number of hydrogen-bond acceptors (Lipinski definition) is 4. The van der Waals surface area contributed by atoms with Crippen LogP contribution in [0.4, 0.5) is 14.9 Å². The first-order valence-electron chi connectivity index (χ1n) is 7.02. The SMILES string of the molecule is COC(C)C/N=c1/c(F)cc(NC(=O)OC(C)(C)C)cn1C. The largest absolute Gasteiger partial charge is 0.444 e. The van der Waals surface area contributed by atoms with Gasteiger partial charge in [-0.15, -0.1) is 0 Å². The summed E-state index contributed by atoms with van der Waals surface area (Å²) in [5.74, 6) is -0.528. The standard InChI is InChI=1S/C15H24FN3O3/c1-10(21-6)8-17-13-12(16)7-11(9-19(13)5)18-14(20)22-15(2,3)4/h7,9-10H,8H2,1-6H3,(H,18,20)/b17-13-. The molecule has 1 aromatic heterocycles. The Balaban J connectivity index is 2.92. The second-order valence-electron chi connectivity index (χ2n) is 6.03. The Hall–Kier alpha value is -1.89. The van der Waals surface area contributed by atoms with Crippen molar-refractivity contribution in [3.63, 3.8) is 0 Å². The van der Waals surface area contributed by atoms with Crippen LogP contribution in [0.15, 0.2) is 17.3 Å². The molecule has 0 bridgehead atoms. The molecule has 0 aliphatic heterocycles. The molecule has 1 amide bonds. The molecule has 6 nitrogen and oxygen atoms in total. The molecule has 0 radical (unpaired) electrons. The van der Waals surface area contributed by atoms with Crippen LogP contribution in [0.5, 0.6) is 0 Å². The van der Waals surface area contributed by atoms with Crippen molar-refractivity contribution < 1.29 is 18.7 Å². The van der Waals surface area contributed by atoms with E-state index in [4.69, 9.17) is 9.47 Å². The summed E-state index contributed by atoms with van der Waals surface area (Å²) < 4.78 is 25.8. The molecule has 124 valence electrons. The lowest BCUT2D eigenvalue weighted by Crippen LogP contribution is -2.29. The van der Waals surface area contributed by atoms with Gasteiger partial charge in [0.05, 0.1) is 18.3 Å². The number of hydrogen-bond donors (Lipinski definition) is 1. The van der Waals surface area contributed by atoms with Gasteiger partial charge in [-0.1, -0.05) is 0 Å². The monoisotopic (exact) mass is 313 g/mol. The zero-order valence-electron chi connectivity index (χ0n) is 13.9. The molecule has 0 saturated carbocycles. The summed E-state index contributed by atoms with van der Waals surface area (Å²) >= 11 is 0. The van der Waals surface area contributed by atoms with Crippen molar-refractivity contribution in [2.75, 3.05) is 19.0 Å². The number of rotatable bonds is 4. The molecule has 0 saturated heterocycles. The van der Waals surface area contributed by atoms with Crippen molar-refractivity contribution in [2.45, 2.75) is 39.4 Å². The van der Waals surface area contributed by atoms with Gasteiger partial charge in [-0.05, 0) is 27.7 Å². The lowest BCUT2D eigenvalue weighted by molar-refractivity contribution is 0.0636. The van der Waals surface area contributed by atoms with Crippen molar-refractivity contribution >= 4 is 11.8 Å². The van der Waals surface area contributed by atoms with Gasteiger partial charge >= 0.3 is 6.09 Å². The predicted octanol–water partition coefficient (Wildman–Crippen LogP) is 2.45. The minimum Gasteiger partial charge on any atom is -0.444 e. The maximum absolute atomic E-state index is 14.1. The number of methoxy groups -OCH3 is 1. The van der Waals surface area contributed by atoms with E-state index in [0.717, 1.165) is 0 Å². The molecule has 0 spiro atoms. The van der Waals surface area contributed by atoms with Crippen LogP contribution in [0.1, 0.15) is 27.7 Å². The highest BCUT2D eigenvalue weighted by Gasteiger charge is 2.16. The number of carbonyl (C=O) groups is 1. The van der Waals surface area contributed by atoms with Gasteiger partial charge in [0, 0.05) is 26.4 Å². The van der Waals surface area contributed by atoms with Crippen LogP contribution in [0.25, 0.3) is 0 Å². The Morgan fingerprint density at radius 1 is 1.50 bits per heavy atom. The van der Waals surface area contributed by atoms with Crippen LogP contribution in [-0.2, 0) is 16.5 Å². The normalized spacial score (nSPS) is 13.9. The zero-order chi connectivity index (χ0) is 16.9. The first-order chi connectivity index (χ1) is 10.1. The molecule has 0 aliphatic carbocycles. The quantitative estimate of drug-likeness (QED) is 0.928. The summed E-state index contributed by atoms with van der Waals surface area (Å²) in [5.41, 5.74) is -0.122. The molecule has 1 N–H and O–H groups in total. The van der Waals surface area contributed by atoms with E-state index in [9.17, 15) is 9.18 Å². The fourth-order valence-corrected chi connectivity index (χ4v) is 1.64. The first kappa shape index (κ1) is 18.2. The Kier molecular flexibility index (Phi) is 6.11. The van der Waals surface area contributed by atoms with Crippen LogP contribution >= 0.6 is 0 Å². The number of aryl methyl sites for hydroxylation is 1. The van der Waals surface area contributed by atoms with Crippen molar-refractivity contribution in [1.82, 2.24) is 4.57 Å². The highest BCUT2D eigenvalue weighted by Crippen LogP contribution is 2.11. The molecular formula is C15H24FN3O3. The number of pyridine rings is 1. The molecule has 0 fully saturated rings. The van der Waals surface area contributed by atoms with Gasteiger partial charge in [0.2, 0.25) is 0 Å². The van der Waals surface area contributed by atoms with Crippen LogP contribution in [0, 0.1) is 5.82 Å². The summed E-state index contributed by atoms with van der Waals surface area (Å²) in [5, 5.41) is 2.50. The van der Waals surface area contributed by atoms with E-state index >= 15 is 0 Å². The molecule has 1 atom stereocenters. The zero-order valence-corrected chi connectivity index (χ0v) is 13.9. The fourth-order valence-electron chi connectivity index (χ4n) is 1.64. The van der Waals surface area contributed by atoms with E-state index in [2.05, 4.69) is 10.3 Å². The number of aromatic nitrogens is 1. The van der Waals surface area contributed by atoms with Gasteiger partial charge in [0.25, 0.3) is 0 Å². The minimum absolute atomic E-state index is 0.0982. The molecule has 0 aliphatic rings. The van der Waals surface area contributed by atoms with Crippen LogP contribution in [0.2, 0.25) is 0 Å². The highest BCUT2D eigenvalue weighted by atomic mass is 19.1. The third kappa shape index (κ3) is 5.85. The topological polar surface area (TPSA) is 64.8 Å². The molecule has 1 rings (SSSR count). The van der Waals surface area contributed by atoms with E-state index in [1.54, 1.807) is 41.1 Å². The number of anilines is 1. The summed E-state index contributed by atoms with van der Waals surface area (Å²) in [4.78, 5) is 15.9. The van der Waals surface area contributed by atoms with Crippen LogP contribution in [0.3, 0.4) is 0 Å². The third-order valence-electron chi connectivity index (χ3n) is 2.71. The van der Waals surface area contributed by atoms with Crippen molar-refractivity contribution in [3.8, 4) is 0 Å². The summed E-state index contributed by atoms with van der Waals surface area (Å²) in [6.45, 7) is 7.46. The number of nitrogens with one attached hydrogen (secondary N) is 1. The van der Waals surface area contributed by atoms with Crippen molar-refractivity contribution in [1.29, 1.82) is 0 Å². The smallest absolute Gasteiger partial charge is 0.412 e. The molecular weight excluding hydrogens is 289 g/mol. The van der Waals surface area contributed by atoms with Gasteiger partial charge in [-0.25, -0.2) is 9.18 Å². The van der Waals surface area contributed by atoms with Crippen molar-refractivity contribution in [3.05, 3.63) is 23.6 Å². The second-order valence-corrected chi connectivity index (χ2v) is 6.03. The molecule has 7 heteroatoms. The number of amides is 1. The lowest BCUT2D eigenvalue weighted by atomic mass is 10.2. The molecule has 0 aromatic carbocycles. The first-order valence-corrected chi connectivity index (χ1v) is 7.02. The van der Waals surface area contributed by atoms with Gasteiger partial charge in [-0.2, -0.15) is 0 Å². The van der Waals surface area contributed by atoms with E-state index in [1.807, 2.05) is 6.92 Å². The average molecular weight is 313 g/mol. The summed E-state index contributed by atoms with van der Waals surface area (Å²) in [6, 6.07) is 1.21. The molecule has 22 heavy (non-hydrogen) atoms. The van der Waals surface area contributed by atoms with E-state index in [-0.39, 0.29) is 11.6 Å². The van der Waals surface area contributed by atoms with Crippen LogP contribution < -0.4 is 10.8 Å². The number of ether oxygens (including phenoxy) is 2. The van der Waals surface area contributed by atoms with Gasteiger partial charge < -0.3 is 14.0 Å². The Morgan fingerprint density at radius 2 is 2.14 bits per heavy atom. The van der Waals surface area contributed by atoms with Crippen LogP contribution in [-0.4, -0.2) is 36.0 Å². The highest BCUT2D eigenvalue weighted by molar-refractivity contribution is 5.84. The maximum Gasteiger partial charge on any atom is 0.412 e. The average Bonchev–Trinajstić information content (AvgIpc) is 2.34. The maximum atomic E-state index is 14.1. The Labute approximate surface area is 130 Å². The molecule has 1 heterocycles. The van der Waals surface area contributed by atoms with Gasteiger partial charge in [0.15, 0.2) is 11.3 Å².